The highest BCUT2D eigenvalue weighted by atomic mass is 32.2. The van der Waals surface area contributed by atoms with Gasteiger partial charge in [-0.15, -0.1) is 11.8 Å². The molecular weight excluding hydrogens is 286 g/mol. The van der Waals surface area contributed by atoms with E-state index in [2.05, 4.69) is 18.3 Å². The Morgan fingerprint density at radius 3 is 2.81 bits per heavy atom. The second-order valence-corrected chi connectivity index (χ2v) is 6.18. The maximum Gasteiger partial charge on any atom is 0.282 e. The van der Waals surface area contributed by atoms with E-state index in [0.29, 0.717) is 4.90 Å². The maximum atomic E-state index is 10.9. The highest BCUT2D eigenvalue weighted by Gasteiger charge is 2.22. The fourth-order valence-electron chi connectivity index (χ4n) is 1.92. The molecule has 1 unspecified atom stereocenters. The number of benzene rings is 1. The minimum atomic E-state index is -0.515. The molecule has 21 heavy (non-hydrogen) atoms. The van der Waals surface area contributed by atoms with Crippen LogP contribution in [0.5, 0.6) is 0 Å². The van der Waals surface area contributed by atoms with Crippen molar-refractivity contribution in [3.05, 3.63) is 34.4 Å². The molecule has 0 aliphatic heterocycles. The number of hydrogen-bond donors (Lipinski definition) is 1. The standard InChI is InChI=1S/C15H21N3O2S/c1-3-10-17-15(2,12-16)9-6-11-21-14-8-5-4-7-13(14)18(19)20/h4-5,7-8,17H,3,6,9-11H2,1-2H3. The van der Waals surface area contributed by atoms with Gasteiger partial charge in [0.1, 0.15) is 5.54 Å². The van der Waals surface area contributed by atoms with Crippen molar-refractivity contribution in [2.24, 2.45) is 0 Å². The Kier molecular flexibility index (Phi) is 7.20. The van der Waals surface area contributed by atoms with Crippen LogP contribution in [0.1, 0.15) is 33.1 Å². The van der Waals surface area contributed by atoms with Gasteiger partial charge in [-0.05, 0) is 44.6 Å². The maximum absolute atomic E-state index is 10.9. The zero-order valence-corrected chi connectivity index (χ0v) is 13.3. The van der Waals surface area contributed by atoms with Crippen molar-refractivity contribution >= 4 is 17.4 Å². The minimum Gasteiger partial charge on any atom is -0.300 e. The van der Waals surface area contributed by atoms with E-state index in [9.17, 15) is 15.4 Å². The van der Waals surface area contributed by atoms with Crippen LogP contribution in [0, 0.1) is 21.4 Å². The highest BCUT2D eigenvalue weighted by molar-refractivity contribution is 7.99. The number of nitrogens with zero attached hydrogens (tertiary/aromatic N) is 2. The fraction of sp³-hybridized carbons (Fsp3) is 0.533. The van der Waals surface area contributed by atoms with E-state index >= 15 is 0 Å². The molecular formula is C15H21N3O2S. The second kappa shape index (κ2) is 8.65. The number of nitro benzene ring substituents is 1. The summed E-state index contributed by atoms with van der Waals surface area (Å²) in [4.78, 5) is 11.2. The summed E-state index contributed by atoms with van der Waals surface area (Å²) >= 11 is 1.47. The van der Waals surface area contributed by atoms with Crippen molar-refractivity contribution in [3.8, 4) is 6.07 Å². The van der Waals surface area contributed by atoms with Gasteiger partial charge in [0.15, 0.2) is 0 Å². The monoisotopic (exact) mass is 307 g/mol. The molecule has 0 spiro atoms. The van der Waals surface area contributed by atoms with Gasteiger partial charge in [0.2, 0.25) is 0 Å². The molecule has 0 heterocycles. The molecule has 1 aromatic rings. The molecule has 1 atom stereocenters. The van der Waals surface area contributed by atoms with Crippen LogP contribution in [0.25, 0.3) is 0 Å². The molecule has 0 saturated heterocycles. The third-order valence-electron chi connectivity index (χ3n) is 3.15. The zero-order chi connectivity index (χ0) is 15.7. The quantitative estimate of drug-likeness (QED) is 0.325. The van der Waals surface area contributed by atoms with Gasteiger partial charge in [-0.3, -0.25) is 15.4 Å². The first kappa shape index (κ1) is 17.5. The molecule has 5 nitrogen and oxygen atoms in total. The van der Waals surface area contributed by atoms with E-state index in [1.165, 1.54) is 17.8 Å². The summed E-state index contributed by atoms with van der Waals surface area (Å²) in [5, 5.41) is 23.4. The average molecular weight is 307 g/mol. The van der Waals surface area contributed by atoms with Crippen LogP contribution in [-0.2, 0) is 0 Å². The second-order valence-electron chi connectivity index (χ2n) is 5.05. The van der Waals surface area contributed by atoms with Crippen LogP contribution < -0.4 is 5.32 Å². The molecule has 1 aromatic carbocycles. The number of para-hydroxylation sites is 1. The number of hydrogen-bond acceptors (Lipinski definition) is 5. The Hall–Kier alpha value is -1.58. The van der Waals surface area contributed by atoms with Crippen LogP contribution >= 0.6 is 11.8 Å². The van der Waals surface area contributed by atoms with Crippen LogP contribution in [0.4, 0.5) is 5.69 Å². The first-order valence-electron chi connectivity index (χ1n) is 7.05. The summed E-state index contributed by atoms with van der Waals surface area (Å²) < 4.78 is 0. The van der Waals surface area contributed by atoms with Gasteiger partial charge in [0.25, 0.3) is 5.69 Å². The van der Waals surface area contributed by atoms with E-state index in [1.54, 1.807) is 18.2 Å². The molecule has 1 N–H and O–H groups in total. The van der Waals surface area contributed by atoms with Gasteiger partial charge in [-0.1, -0.05) is 19.1 Å². The lowest BCUT2D eigenvalue weighted by molar-refractivity contribution is -0.387. The Morgan fingerprint density at radius 2 is 2.19 bits per heavy atom. The number of rotatable bonds is 9. The lowest BCUT2D eigenvalue weighted by Gasteiger charge is -2.22. The van der Waals surface area contributed by atoms with Crippen LogP contribution in [0.3, 0.4) is 0 Å². The van der Waals surface area contributed by atoms with Crippen LogP contribution in [-0.4, -0.2) is 22.8 Å². The largest absolute Gasteiger partial charge is 0.300 e. The third-order valence-corrected chi connectivity index (χ3v) is 4.30. The van der Waals surface area contributed by atoms with Crippen molar-refractivity contribution in [2.75, 3.05) is 12.3 Å². The van der Waals surface area contributed by atoms with E-state index in [1.807, 2.05) is 6.92 Å². The van der Waals surface area contributed by atoms with Crippen molar-refractivity contribution in [2.45, 2.75) is 43.5 Å². The van der Waals surface area contributed by atoms with Gasteiger partial charge < -0.3 is 0 Å². The SMILES string of the molecule is CCCNC(C)(C#N)CCCSc1ccccc1[N+](=O)[O-]. The zero-order valence-electron chi connectivity index (χ0n) is 12.5. The van der Waals surface area contributed by atoms with Crippen molar-refractivity contribution in [1.29, 1.82) is 5.26 Å². The molecule has 1 rings (SSSR count). The van der Waals surface area contributed by atoms with Gasteiger partial charge in [0.05, 0.1) is 15.9 Å². The normalized spacial score (nSPS) is 13.4. The molecule has 0 fully saturated rings. The molecule has 0 aliphatic rings. The number of nitrogens with one attached hydrogen (secondary N) is 1. The Morgan fingerprint density at radius 1 is 1.48 bits per heavy atom. The molecule has 0 amide bonds. The smallest absolute Gasteiger partial charge is 0.282 e. The first-order valence-corrected chi connectivity index (χ1v) is 8.03. The van der Waals surface area contributed by atoms with Crippen molar-refractivity contribution in [3.63, 3.8) is 0 Å². The lowest BCUT2D eigenvalue weighted by atomic mass is 9.98. The van der Waals surface area contributed by atoms with Gasteiger partial charge in [0, 0.05) is 6.07 Å². The van der Waals surface area contributed by atoms with Crippen molar-refractivity contribution < 1.29 is 4.92 Å². The molecule has 0 aliphatic carbocycles. The Labute approximate surface area is 129 Å². The van der Waals surface area contributed by atoms with Gasteiger partial charge in [-0.2, -0.15) is 5.26 Å². The van der Waals surface area contributed by atoms with E-state index in [-0.39, 0.29) is 10.6 Å². The Bertz CT molecular complexity index is 516. The average Bonchev–Trinajstić information content (AvgIpc) is 2.50. The van der Waals surface area contributed by atoms with Gasteiger partial charge in [-0.25, -0.2) is 0 Å². The molecule has 114 valence electrons. The topological polar surface area (TPSA) is 79.0 Å². The minimum absolute atomic E-state index is 0.148. The Balaban J connectivity index is 2.47. The summed E-state index contributed by atoms with van der Waals surface area (Å²) in [5.74, 6) is 0.760. The van der Waals surface area contributed by atoms with Crippen LogP contribution in [0.2, 0.25) is 0 Å². The summed E-state index contributed by atoms with van der Waals surface area (Å²) in [6.45, 7) is 4.79. The summed E-state index contributed by atoms with van der Waals surface area (Å²) in [6, 6.07) is 9.07. The first-order chi connectivity index (χ1) is 10.0. The summed E-state index contributed by atoms with van der Waals surface area (Å²) in [5.41, 5.74) is -0.367. The van der Waals surface area contributed by atoms with Crippen LogP contribution in [0.15, 0.2) is 29.2 Å². The van der Waals surface area contributed by atoms with E-state index < -0.39 is 5.54 Å². The lowest BCUT2D eigenvalue weighted by Crippen LogP contribution is -2.41. The highest BCUT2D eigenvalue weighted by Crippen LogP contribution is 2.29. The molecule has 0 aromatic heterocycles. The number of nitro groups is 1. The van der Waals surface area contributed by atoms with Gasteiger partial charge >= 0.3 is 0 Å². The summed E-state index contributed by atoms with van der Waals surface area (Å²) in [7, 11) is 0. The number of nitriles is 1. The molecule has 0 bridgehead atoms. The summed E-state index contributed by atoms with van der Waals surface area (Å²) in [6.07, 6.45) is 2.55. The predicted molar refractivity (Wildman–Crippen MR) is 85.4 cm³/mol. The fourth-order valence-corrected chi connectivity index (χ4v) is 2.90. The predicted octanol–water partition coefficient (Wildman–Crippen LogP) is 3.75. The third kappa shape index (κ3) is 5.74. The van der Waals surface area contributed by atoms with Crippen molar-refractivity contribution in [1.82, 2.24) is 5.32 Å². The van der Waals surface area contributed by atoms with E-state index in [4.69, 9.17) is 0 Å². The molecule has 0 radical (unpaired) electrons. The van der Waals surface area contributed by atoms with E-state index in [0.717, 1.165) is 31.6 Å². The molecule has 6 heteroatoms. The molecule has 0 saturated carbocycles. The number of thioether (sulfide) groups is 1.